The first-order valence-corrected chi connectivity index (χ1v) is 13.0. The Kier molecular flexibility index (Phi) is 8.13. The molecule has 7 nitrogen and oxygen atoms in total. The molecular weight excluding hydrogens is 460 g/mol. The van der Waals surface area contributed by atoms with Crippen molar-refractivity contribution in [1.82, 2.24) is 14.8 Å². The second kappa shape index (κ2) is 11.4. The van der Waals surface area contributed by atoms with Crippen LogP contribution in [0.4, 0.5) is 5.95 Å². The molecule has 0 aliphatic carbocycles. The van der Waals surface area contributed by atoms with Gasteiger partial charge in [0, 0.05) is 11.4 Å². The molecule has 35 heavy (non-hydrogen) atoms. The number of thioether (sulfide) groups is 1. The normalized spacial score (nSPS) is 14.9. The zero-order chi connectivity index (χ0) is 24.8. The molecule has 3 aromatic rings. The number of carbonyl (C=O) groups is 1. The van der Waals surface area contributed by atoms with Crippen molar-refractivity contribution in [3.63, 3.8) is 0 Å². The van der Waals surface area contributed by atoms with Gasteiger partial charge in [-0.3, -0.25) is 0 Å². The Morgan fingerprint density at radius 2 is 1.94 bits per heavy atom. The Morgan fingerprint density at radius 3 is 2.69 bits per heavy atom. The number of fused-ring (bicyclic) bond motifs is 1. The maximum Gasteiger partial charge on any atom is 0.338 e. The number of allylic oxidation sites excluding steroid dienone is 1. The third kappa shape index (κ3) is 5.88. The van der Waals surface area contributed by atoms with E-state index in [0.29, 0.717) is 35.6 Å². The third-order valence-corrected chi connectivity index (χ3v) is 6.68. The van der Waals surface area contributed by atoms with Crippen LogP contribution in [0.15, 0.2) is 65.0 Å². The number of ether oxygens (including phenoxy) is 2. The molecule has 1 unspecified atom stereocenters. The van der Waals surface area contributed by atoms with E-state index in [1.807, 2.05) is 38.1 Å². The van der Waals surface area contributed by atoms with E-state index in [1.165, 1.54) is 5.56 Å². The lowest BCUT2D eigenvalue weighted by molar-refractivity contribution is -0.139. The molecule has 0 spiro atoms. The van der Waals surface area contributed by atoms with Crippen LogP contribution in [0.3, 0.4) is 0 Å². The van der Waals surface area contributed by atoms with E-state index in [9.17, 15) is 4.79 Å². The number of nitrogens with zero attached hydrogens (tertiary/aromatic N) is 3. The maximum atomic E-state index is 13.0. The quantitative estimate of drug-likeness (QED) is 0.214. The van der Waals surface area contributed by atoms with Crippen molar-refractivity contribution in [2.75, 3.05) is 17.7 Å². The number of anilines is 1. The molecule has 0 radical (unpaired) electrons. The zero-order valence-electron chi connectivity index (χ0n) is 20.7. The van der Waals surface area contributed by atoms with Gasteiger partial charge >= 0.3 is 5.97 Å². The highest BCUT2D eigenvalue weighted by Gasteiger charge is 2.35. The predicted molar refractivity (Wildman–Crippen MR) is 139 cm³/mol. The van der Waals surface area contributed by atoms with Gasteiger partial charge in [-0.15, -0.1) is 5.10 Å². The highest BCUT2D eigenvalue weighted by Crippen LogP contribution is 2.37. The Balaban J connectivity index is 1.66. The van der Waals surface area contributed by atoms with Crippen LogP contribution < -0.4 is 10.1 Å². The minimum atomic E-state index is -0.471. The number of carbonyl (C=O) groups excluding carboxylic acids is 1. The topological polar surface area (TPSA) is 78.3 Å². The Labute approximate surface area is 210 Å². The Bertz CT molecular complexity index is 1200. The molecule has 1 atom stereocenters. The summed E-state index contributed by atoms with van der Waals surface area (Å²) in [6, 6.07) is 15.6. The monoisotopic (exact) mass is 492 g/mol. The number of benzene rings is 2. The van der Waals surface area contributed by atoms with Crippen molar-refractivity contribution >= 4 is 23.7 Å². The van der Waals surface area contributed by atoms with Crippen LogP contribution in [0.5, 0.6) is 5.75 Å². The molecule has 8 heteroatoms. The van der Waals surface area contributed by atoms with E-state index in [0.717, 1.165) is 35.5 Å². The van der Waals surface area contributed by atoms with Gasteiger partial charge in [-0.2, -0.15) is 4.98 Å². The lowest BCUT2D eigenvalue weighted by Crippen LogP contribution is -2.29. The van der Waals surface area contributed by atoms with Crippen LogP contribution >= 0.6 is 11.8 Å². The van der Waals surface area contributed by atoms with Gasteiger partial charge in [-0.1, -0.05) is 67.1 Å². The summed E-state index contributed by atoms with van der Waals surface area (Å²) in [5.74, 6) is 1.92. The largest absolute Gasteiger partial charge is 0.489 e. The number of rotatable bonds is 10. The van der Waals surface area contributed by atoms with E-state index in [-0.39, 0.29) is 5.97 Å². The lowest BCUT2D eigenvalue weighted by Gasteiger charge is -2.28. The van der Waals surface area contributed by atoms with E-state index in [2.05, 4.69) is 48.4 Å². The zero-order valence-corrected chi connectivity index (χ0v) is 21.5. The average molecular weight is 493 g/mol. The SMILES string of the molecule is CCCCSc1nc2n(n1)C(c1cccc(OCc3ccc(C)cc3)c1)C(C(=O)OCC)=C(C)N2. The highest BCUT2D eigenvalue weighted by molar-refractivity contribution is 7.99. The van der Waals surface area contributed by atoms with Crippen molar-refractivity contribution in [3.8, 4) is 5.75 Å². The highest BCUT2D eigenvalue weighted by atomic mass is 32.2. The lowest BCUT2D eigenvalue weighted by atomic mass is 9.95. The number of aryl methyl sites for hydroxylation is 1. The molecule has 4 rings (SSSR count). The molecule has 184 valence electrons. The van der Waals surface area contributed by atoms with Crippen LogP contribution in [-0.4, -0.2) is 33.1 Å². The number of aromatic nitrogens is 3. The van der Waals surface area contributed by atoms with Gasteiger partial charge in [0.05, 0.1) is 12.2 Å². The molecule has 0 saturated carbocycles. The third-order valence-electron chi connectivity index (χ3n) is 5.76. The molecule has 0 amide bonds. The number of nitrogens with one attached hydrogen (secondary N) is 1. The predicted octanol–water partition coefficient (Wildman–Crippen LogP) is 5.91. The fourth-order valence-electron chi connectivity index (χ4n) is 3.91. The number of unbranched alkanes of at least 4 members (excludes halogenated alkanes) is 1. The molecule has 0 bridgehead atoms. The summed E-state index contributed by atoms with van der Waals surface area (Å²) in [6.45, 7) is 8.67. The van der Waals surface area contributed by atoms with E-state index >= 15 is 0 Å². The van der Waals surface area contributed by atoms with Crippen molar-refractivity contribution < 1.29 is 14.3 Å². The van der Waals surface area contributed by atoms with Crippen LogP contribution in [-0.2, 0) is 16.1 Å². The molecular formula is C27H32N4O3S. The van der Waals surface area contributed by atoms with Gasteiger partial charge in [0.2, 0.25) is 11.1 Å². The number of hydrogen-bond acceptors (Lipinski definition) is 7. The minimum absolute atomic E-state index is 0.296. The van der Waals surface area contributed by atoms with Crippen molar-refractivity contribution in [2.24, 2.45) is 0 Å². The Morgan fingerprint density at radius 1 is 1.14 bits per heavy atom. The first-order chi connectivity index (χ1) is 17.0. The van der Waals surface area contributed by atoms with Gasteiger partial charge < -0.3 is 14.8 Å². The summed E-state index contributed by atoms with van der Waals surface area (Å²) in [5.41, 5.74) is 4.42. The summed E-state index contributed by atoms with van der Waals surface area (Å²) in [5, 5.41) is 8.70. The molecule has 0 fully saturated rings. The number of esters is 1. The molecule has 0 saturated heterocycles. The fourth-order valence-corrected chi connectivity index (χ4v) is 4.82. The molecule has 2 aromatic carbocycles. The van der Waals surface area contributed by atoms with Crippen LogP contribution in [0, 0.1) is 6.92 Å². The standard InChI is InChI=1S/C27H32N4O3S/c1-5-7-15-35-27-29-26-28-19(4)23(25(32)33-6-2)24(31(26)30-27)21-9-8-10-22(16-21)34-17-20-13-11-18(3)12-14-20/h8-14,16,24H,5-7,15,17H2,1-4H3,(H,28,29,30). The van der Waals surface area contributed by atoms with E-state index < -0.39 is 6.04 Å². The van der Waals surface area contributed by atoms with Gasteiger partial charge in [0.1, 0.15) is 18.4 Å². The van der Waals surface area contributed by atoms with Gasteiger partial charge in [0.15, 0.2) is 0 Å². The summed E-state index contributed by atoms with van der Waals surface area (Å²) < 4.78 is 13.3. The second-order valence-electron chi connectivity index (χ2n) is 8.50. The summed E-state index contributed by atoms with van der Waals surface area (Å²) >= 11 is 1.62. The fraction of sp³-hybridized carbons (Fsp3) is 0.370. The molecule has 1 N–H and O–H groups in total. The van der Waals surface area contributed by atoms with Crippen LogP contribution in [0.2, 0.25) is 0 Å². The van der Waals surface area contributed by atoms with Crippen molar-refractivity contribution in [3.05, 3.63) is 76.5 Å². The first-order valence-electron chi connectivity index (χ1n) is 12.0. The van der Waals surface area contributed by atoms with Crippen LogP contribution in [0.1, 0.15) is 56.3 Å². The van der Waals surface area contributed by atoms with Gasteiger partial charge in [-0.25, -0.2) is 9.48 Å². The molecule has 1 aliphatic rings. The smallest absolute Gasteiger partial charge is 0.338 e. The van der Waals surface area contributed by atoms with Crippen molar-refractivity contribution in [1.29, 1.82) is 0 Å². The van der Waals surface area contributed by atoms with Gasteiger partial charge in [0.25, 0.3) is 0 Å². The molecule has 1 aromatic heterocycles. The van der Waals surface area contributed by atoms with Crippen molar-refractivity contribution in [2.45, 2.75) is 58.3 Å². The number of hydrogen-bond donors (Lipinski definition) is 1. The molecule has 2 heterocycles. The summed E-state index contributed by atoms with van der Waals surface area (Å²) in [4.78, 5) is 17.7. The second-order valence-corrected chi connectivity index (χ2v) is 9.56. The first kappa shape index (κ1) is 24.9. The van der Waals surface area contributed by atoms with E-state index in [4.69, 9.17) is 14.6 Å². The molecule has 1 aliphatic heterocycles. The maximum absolute atomic E-state index is 13.0. The minimum Gasteiger partial charge on any atom is -0.489 e. The summed E-state index contributed by atoms with van der Waals surface area (Å²) in [7, 11) is 0. The van der Waals surface area contributed by atoms with E-state index in [1.54, 1.807) is 16.4 Å². The van der Waals surface area contributed by atoms with Gasteiger partial charge in [-0.05, 0) is 50.5 Å². The average Bonchev–Trinajstić information content (AvgIpc) is 3.25. The Hall–Kier alpha value is -3.26. The summed E-state index contributed by atoms with van der Waals surface area (Å²) in [6.07, 6.45) is 2.21. The van der Waals surface area contributed by atoms with Crippen LogP contribution in [0.25, 0.3) is 0 Å².